The number of aliphatic imine (C=N–C) groups is 1. The Bertz CT molecular complexity index is 833. The number of allylic oxidation sites excluding steroid dienone is 2. The summed E-state index contributed by atoms with van der Waals surface area (Å²) in [6.07, 6.45) is 2.77. The molecule has 0 unspecified atom stereocenters. The molecule has 1 aromatic carbocycles. The number of anilines is 1. The van der Waals surface area contributed by atoms with E-state index in [1.807, 2.05) is 13.0 Å². The van der Waals surface area contributed by atoms with E-state index in [1.165, 1.54) is 18.2 Å². The lowest BCUT2D eigenvalue weighted by Gasteiger charge is -2.26. The van der Waals surface area contributed by atoms with Crippen LogP contribution in [0.15, 0.2) is 78.1 Å². The van der Waals surface area contributed by atoms with E-state index in [0.29, 0.717) is 36.6 Å². The van der Waals surface area contributed by atoms with E-state index in [1.54, 1.807) is 17.2 Å². The van der Waals surface area contributed by atoms with Crippen LogP contribution in [-0.2, 0) is 11.0 Å². The molecule has 1 N–H and O–H groups in total. The Morgan fingerprint density at radius 2 is 1.96 bits per heavy atom. The summed E-state index contributed by atoms with van der Waals surface area (Å²) in [6.45, 7) is 10.3. The van der Waals surface area contributed by atoms with Gasteiger partial charge in [0.05, 0.1) is 17.0 Å². The number of rotatable bonds is 6. The smallest absolute Gasteiger partial charge is 0.354 e. The Morgan fingerprint density at radius 1 is 1.29 bits per heavy atom. The van der Waals surface area contributed by atoms with Crippen LogP contribution in [0.4, 0.5) is 18.9 Å². The first-order valence-electron chi connectivity index (χ1n) is 8.69. The summed E-state index contributed by atoms with van der Waals surface area (Å²) in [7, 11) is 0. The molecule has 0 aliphatic carbocycles. The number of halogens is 3. The van der Waals surface area contributed by atoms with Gasteiger partial charge in [0.1, 0.15) is 0 Å². The maximum absolute atomic E-state index is 12.7. The van der Waals surface area contributed by atoms with Crippen molar-refractivity contribution in [2.45, 2.75) is 19.5 Å². The van der Waals surface area contributed by atoms with Gasteiger partial charge in [0.25, 0.3) is 0 Å². The van der Waals surface area contributed by atoms with Gasteiger partial charge in [-0.3, -0.25) is 9.79 Å². The highest BCUT2D eigenvalue weighted by Crippen LogP contribution is 2.30. The summed E-state index contributed by atoms with van der Waals surface area (Å²) in [5.41, 5.74) is 1.74. The second-order valence-electron chi connectivity index (χ2n) is 6.11. The second-order valence-corrected chi connectivity index (χ2v) is 6.11. The summed E-state index contributed by atoms with van der Waals surface area (Å²) in [4.78, 5) is 17.8. The molecule has 148 valence electrons. The van der Waals surface area contributed by atoms with E-state index >= 15 is 0 Å². The Morgan fingerprint density at radius 3 is 2.46 bits per heavy atom. The fourth-order valence-electron chi connectivity index (χ4n) is 2.69. The van der Waals surface area contributed by atoms with Crippen LogP contribution in [0.1, 0.15) is 18.9 Å². The number of alkyl halides is 3. The molecule has 4 nitrogen and oxygen atoms in total. The van der Waals surface area contributed by atoms with Crippen molar-refractivity contribution in [2.24, 2.45) is 4.99 Å². The monoisotopic (exact) mass is 389 g/mol. The average molecular weight is 389 g/mol. The number of hydrogen-bond acceptors (Lipinski definition) is 3. The quantitative estimate of drug-likeness (QED) is 0.553. The molecule has 1 heterocycles. The summed E-state index contributed by atoms with van der Waals surface area (Å²) >= 11 is 0. The normalized spacial score (nSPS) is 15.4. The van der Waals surface area contributed by atoms with Gasteiger partial charge < -0.3 is 10.2 Å². The Balaban J connectivity index is 2.17. The van der Waals surface area contributed by atoms with E-state index in [2.05, 4.69) is 23.5 Å². The van der Waals surface area contributed by atoms with Gasteiger partial charge in [0.15, 0.2) is 0 Å². The van der Waals surface area contributed by atoms with Gasteiger partial charge in [-0.15, -0.1) is 0 Å². The fourth-order valence-corrected chi connectivity index (χ4v) is 2.69. The summed E-state index contributed by atoms with van der Waals surface area (Å²) in [5, 5.41) is 3.01. The van der Waals surface area contributed by atoms with Gasteiger partial charge in [-0.05, 0) is 49.3 Å². The minimum Gasteiger partial charge on any atom is -0.354 e. The summed E-state index contributed by atoms with van der Waals surface area (Å²) in [5.74, 6) is -0.135. The number of carbonyl (C=O) groups is 1. The molecule has 28 heavy (non-hydrogen) atoms. The molecular formula is C21H22F3N3O. The van der Waals surface area contributed by atoms with Crippen molar-refractivity contribution < 1.29 is 18.0 Å². The van der Waals surface area contributed by atoms with Gasteiger partial charge in [-0.25, -0.2) is 0 Å². The van der Waals surface area contributed by atoms with E-state index in [-0.39, 0.29) is 5.91 Å². The molecule has 1 aromatic rings. The maximum Gasteiger partial charge on any atom is 0.416 e. The van der Waals surface area contributed by atoms with Gasteiger partial charge in [-0.2, -0.15) is 13.2 Å². The summed E-state index contributed by atoms with van der Waals surface area (Å²) < 4.78 is 38.1. The Hall–Kier alpha value is -3.09. The molecule has 0 saturated heterocycles. The van der Waals surface area contributed by atoms with Crippen LogP contribution in [0.5, 0.6) is 0 Å². The number of nitrogens with one attached hydrogen (secondary N) is 1. The lowest BCUT2D eigenvalue weighted by molar-refractivity contribution is -0.137. The van der Waals surface area contributed by atoms with Crippen LogP contribution >= 0.6 is 0 Å². The predicted octanol–water partition coefficient (Wildman–Crippen LogP) is 4.95. The van der Waals surface area contributed by atoms with Gasteiger partial charge in [-0.1, -0.05) is 25.3 Å². The van der Waals surface area contributed by atoms with Crippen LogP contribution in [0.3, 0.4) is 0 Å². The Kier molecular flexibility index (Phi) is 6.98. The molecule has 0 radical (unpaired) electrons. The van der Waals surface area contributed by atoms with E-state index in [9.17, 15) is 18.0 Å². The van der Waals surface area contributed by atoms with Crippen LogP contribution < -0.4 is 5.32 Å². The number of amides is 1. The van der Waals surface area contributed by atoms with Crippen molar-refractivity contribution in [1.29, 1.82) is 0 Å². The number of nitrogens with zero attached hydrogens (tertiary/aromatic N) is 2. The first kappa shape index (κ1) is 21.2. The molecule has 0 spiro atoms. The highest BCUT2D eigenvalue weighted by Gasteiger charge is 2.30. The molecule has 0 atom stereocenters. The molecule has 0 saturated carbocycles. The topological polar surface area (TPSA) is 44.7 Å². The lowest BCUT2D eigenvalue weighted by atomic mass is 10.0. The van der Waals surface area contributed by atoms with Crippen LogP contribution in [-0.4, -0.2) is 29.6 Å². The number of carbonyl (C=O) groups excluding carboxylic acids is 1. The van der Waals surface area contributed by atoms with E-state index < -0.39 is 11.7 Å². The molecule has 7 heteroatoms. The first-order valence-corrected chi connectivity index (χ1v) is 8.69. The largest absolute Gasteiger partial charge is 0.416 e. The summed E-state index contributed by atoms with van der Waals surface area (Å²) in [6, 6.07) is 4.72. The van der Waals surface area contributed by atoms with Crippen molar-refractivity contribution in [3.63, 3.8) is 0 Å². The third-order valence-electron chi connectivity index (χ3n) is 4.15. The van der Waals surface area contributed by atoms with Crippen molar-refractivity contribution in [3.8, 4) is 0 Å². The molecular weight excluding hydrogens is 367 g/mol. The van der Waals surface area contributed by atoms with Crippen LogP contribution in [0.25, 0.3) is 0 Å². The highest BCUT2D eigenvalue weighted by atomic mass is 19.4. The van der Waals surface area contributed by atoms with Crippen molar-refractivity contribution in [1.82, 2.24) is 4.90 Å². The highest BCUT2D eigenvalue weighted by molar-refractivity contribution is 6.14. The minimum absolute atomic E-state index is 0.135. The van der Waals surface area contributed by atoms with Crippen molar-refractivity contribution >= 4 is 17.3 Å². The minimum atomic E-state index is -4.38. The lowest BCUT2D eigenvalue weighted by Crippen LogP contribution is -2.34. The zero-order chi connectivity index (χ0) is 20.7. The Labute approximate surface area is 162 Å². The van der Waals surface area contributed by atoms with Crippen LogP contribution in [0.2, 0.25) is 0 Å². The molecule has 1 amide bonds. The fraction of sp³-hybridized carbons (Fsp3) is 0.238. The second kappa shape index (κ2) is 9.21. The van der Waals surface area contributed by atoms with E-state index in [4.69, 9.17) is 0 Å². The van der Waals surface area contributed by atoms with Crippen molar-refractivity contribution in [2.75, 3.05) is 18.4 Å². The SMILES string of the molecule is C=CC(=O)N1CC=C(C(=N/C=C\C)C(=C)Nc2ccc(C(F)(F)F)cc2)CC1. The standard InChI is InChI=1S/C21H22F3N3O/c1-4-12-25-20(16-10-13-27(14-11-16)19(28)5-2)15(3)26-18-8-6-17(7-9-18)21(22,23)24/h4-10,12,26H,2-3,11,13-14H2,1H3/b12-4-,25-20?. The molecule has 0 fully saturated rings. The first-order chi connectivity index (χ1) is 13.3. The number of hydrogen-bond donors (Lipinski definition) is 1. The third kappa shape index (κ3) is 5.45. The van der Waals surface area contributed by atoms with E-state index in [0.717, 1.165) is 17.7 Å². The van der Waals surface area contributed by atoms with Crippen LogP contribution in [0, 0.1) is 0 Å². The average Bonchev–Trinajstić information content (AvgIpc) is 2.68. The molecule has 1 aliphatic heterocycles. The van der Waals surface area contributed by atoms with Gasteiger partial charge in [0, 0.05) is 25.0 Å². The number of benzene rings is 1. The zero-order valence-electron chi connectivity index (χ0n) is 15.6. The molecule has 0 bridgehead atoms. The zero-order valence-corrected chi connectivity index (χ0v) is 15.6. The third-order valence-corrected chi connectivity index (χ3v) is 4.15. The van der Waals surface area contributed by atoms with Gasteiger partial charge in [0.2, 0.25) is 5.91 Å². The van der Waals surface area contributed by atoms with Crippen molar-refractivity contribution in [3.05, 3.63) is 78.7 Å². The molecule has 1 aliphatic rings. The predicted molar refractivity (Wildman–Crippen MR) is 106 cm³/mol. The molecule has 0 aromatic heterocycles. The molecule has 2 rings (SSSR count). The van der Waals surface area contributed by atoms with Gasteiger partial charge >= 0.3 is 6.18 Å². The maximum atomic E-state index is 12.7.